The lowest BCUT2D eigenvalue weighted by molar-refractivity contribution is -0.116. The minimum absolute atomic E-state index is 0.00533. The summed E-state index contributed by atoms with van der Waals surface area (Å²) in [5, 5.41) is 3.73. The number of thioether (sulfide) groups is 1. The minimum Gasteiger partial charge on any atom is -0.339 e. The van der Waals surface area contributed by atoms with Gasteiger partial charge in [-0.05, 0) is 63.5 Å². The molecule has 1 N–H and O–H groups in total. The largest absolute Gasteiger partial charge is 0.339 e. The maximum atomic E-state index is 12.9. The van der Waals surface area contributed by atoms with Crippen LogP contribution in [0.3, 0.4) is 0 Å². The van der Waals surface area contributed by atoms with Crippen LogP contribution in [0.5, 0.6) is 0 Å². The van der Waals surface area contributed by atoms with E-state index in [1.54, 1.807) is 6.07 Å². The van der Waals surface area contributed by atoms with Gasteiger partial charge >= 0.3 is 0 Å². The fourth-order valence-corrected chi connectivity index (χ4v) is 4.16. The van der Waals surface area contributed by atoms with Gasteiger partial charge in [-0.15, -0.1) is 0 Å². The lowest BCUT2D eigenvalue weighted by Crippen LogP contribution is -2.29. The molecule has 1 aliphatic heterocycles. The molecule has 0 unspecified atom stereocenters. The summed E-state index contributed by atoms with van der Waals surface area (Å²) in [6.45, 7) is 7.39. The van der Waals surface area contributed by atoms with E-state index in [9.17, 15) is 9.59 Å². The van der Waals surface area contributed by atoms with E-state index in [2.05, 4.69) is 15.3 Å². The van der Waals surface area contributed by atoms with E-state index in [4.69, 9.17) is 0 Å². The summed E-state index contributed by atoms with van der Waals surface area (Å²) in [5.41, 5.74) is 4.92. The van der Waals surface area contributed by atoms with Crippen molar-refractivity contribution in [1.82, 2.24) is 14.9 Å². The summed E-state index contributed by atoms with van der Waals surface area (Å²) >= 11 is 1.51. The molecular formula is C22H28N4O2S. The molecule has 2 heterocycles. The molecule has 1 aromatic heterocycles. The average molecular weight is 413 g/mol. The maximum Gasteiger partial charge on any atom is 0.255 e. The lowest BCUT2D eigenvalue weighted by Gasteiger charge is -2.19. The molecule has 0 bridgehead atoms. The molecule has 1 aromatic carbocycles. The highest BCUT2D eigenvalue weighted by Crippen LogP contribution is 2.24. The first-order valence-electron chi connectivity index (χ1n) is 9.97. The number of carbonyl (C=O) groups is 2. The molecule has 6 nitrogen and oxygen atoms in total. The normalized spacial score (nSPS) is 13.6. The second-order valence-electron chi connectivity index (χ2n) is 7.40. The van der Waals surface area contributed by atoms with Crippen molar-refractivity contribution in [2.75, 3.05) is 24.7 Å². The summed E-state index contributed by atoms with van der Waals surface area (Å²) in [6.07, 6.45) is 4.91. The number of aromatic nitrogens is 2. The maximum absolute atomic E-state index is 12.9. The van der Waals surface area contributed by atoms with Gasteiger partial charge < -0.3 is 10.2 Å². The predicted molar refractivity (Wildman–Crippen MR) is 117 cm³/mol. The monoisotopic (exact) mass is 412 g/mol. The van der Waals surface area contributed by atoms with E-state index >= 15 is 0 Å². The first-order chi connectivity index (χ1) is 13.9. The molecular weight excluding hydrogens is 384 g/mol. The van der Waals surface area contributed by atoms with E-state index in [1.807, 2.05) is 44.1 Å². The van der Waals surface area contributed by atoms with Crippen LogP contribution in [0.4, 0.5) is 5.69 Å². The second kappa shape index (κ2) is 9.39. The predicted octanol–water partition coefficient (Wildman–Crippen LogP) is 3.93. The van der Waals surface area contributed by atoms with Crippen LogP contribution < -0.4 is 5.32 Å². The lowest BCUT2D eigenvalue weighted by atomic mass is 10.0. The van der Waals surface area contributed by atoms with Crippen LogP contribution in [0.15, 0.2) is 23.4 Å². The third-order valence-corrected chi connectivity index (χ3v) is 5.89. The highest BCUT2D eigenvalue weighted by Gasteiger charge is 2.23. The first-order valence-corrected chi connectivity index (χ1v) is 11.2. The molecule has 1 aliphatic rings. The molecule has 29 heavy (non-hydrogen) atoms. The first kappa shape index (κ1) is 21.3. The molecule has 0 radical (unpaired) electrons. The van der Waals surface area contributed by atoms with Crippen LogP contribution in [-0.4, -0.2) is 46.0 Å². The van der Waals surface area contributed by atoms with Crippen molar-refractivity contribution in [2.45, 2.75) is 51.6 Å². The Labute approximate surface area is 176 Å². The molecule has 154 valence electrons. The van der Waals surface area contributed by atoms with Crippen LogP contribution >= 0.6 is 11.8 Å². The smallest absolute Gasteiger partial charge is 0.255 e. The molecule has 0 aliphatic carbocycles. The molecule has 2 aromatic rings. The van der Waals surface area contributed by atoms with Crippen molar-refractivity contribution in [2.24, 2.45) is 0 Å². The minimum atomic E-state index is -0.109. The zero-order valence-corrected chi connectivity index (χ0v) is 18.4. The highest BCUT2D eigenvalue weighted by molar-refractivity contribution is 7.98. The van der Waals surface area contributed by atoms with Gasteiger partial charge in [0.05, 0.1) is 11.3 Å². The summed E-state index contributed by atoms with van der Waals surface area (Å²) in [4.78, 5) is 36.4. The van der Waals surface area contributed by atoms with Crippen molar-refractivity contribution in [1.29, 1.82) is 0 Å². The molecule has 7 heteroatoms. The van der Waals surface area contributed by atoms with Gasteiger partial charge in [0.2, 0.25) is 5.91 Å². The standard InChI is InChI=1S/C22H28N4O2S/c1-14-8-7-9-18(21(28)26-12-5-6-13-26)20(14)25-19(27)11-10-17-15(2)23-22(29-4)24-16(17)3/h7-9H,5-6,10-13H2,1-4H3,(H,25,27). The van der Waals surface area contributed by atoms with Crippen LogP contribution in [0, 0.1) is 20.8 Å². The van der Waals surface area contributed by atoms with Crippen molar-refractivity contribution in [3.8, 4) is 0 Å². The number of hydrogen-bond donors (Lipinski definition) is 1. The van der Waals surface area contributed by atoms with Crippen LogP contribution in [0.2, 0.25) is 0 Å². The van der Waals surface area contributed by atoms with Gasteiger partial charge in [0.1, 0.15) is 0 Å². The summed E-state index contributed by atoms with van der Waals surface area (Å²) in [6, 6.07) is 5.58. The Bertz CT molecular complexity index is 900. The van der Waals surface area contributed by atoms with Gasteiger partial charge in [-0.2, -0.15) is 0 Å². The Balaban J connectivity index is 1.72. The van der Waals surface area contributed by atoms with Crippen LogP contribution in [-0.2, 0) is 11.2 Å². The zero-order chi connectivity index (χ0) is 21.0. The number of aryl methyl sites for hydroxylation is 3. The third-order valence-electron chi connectivity index (χ3n) is 5.35. The number of anilines is 1. The Morgan fingerprint density at radius 2 is 1.76 bits per heavy atom. The van der Waals surface area contributed by atoms with Gasteiger partial charge in [-0.3, -0.25) is 9.59 Å². The van der Waals surface area contributed by atoms with E-state index in [0.717, 1.165) is 53.6 Å². The van der Waals surface area contributed by atoms with E-state index < -0.39 is 0 Å². The van der Waals surface area contributed by atoms with Crippen LogP contribution in [0.25, 0.3) is 0 Å². The number of amides is 2. The number of hydrogen-bond acceptors (Lipinski definition) is 5. The van der Waals surface area contributed by atoms with Gasteiger partial charge in [-0.25, -0.2) is 9.97 Å². The summed E-state index contributed by atoms with van der Waals surface area (Å²) < 4.78 is 0. The number of nitrogens with zero attached hydrogens (tertiary/aromatic N) is 3. The SMILES string of the molecule is CSc1nc(C)c(CCC(=O)Nc2c(C)cccc2C(=O)N2CCCC2)c(C)n1. The number of likely N-dealkylation sites (tertiary alicyclic amines) is 1. The second-order valence-corrected chi connectivity index (χ2v) is 8.18. The highest BCUT2D eigenvalue weighted by atomic mass is 32.2. The average Bonchev–Trinajstić information content (AvgIpc) is 3.23. The Morgan fingerprint density at radius 3 is 2.38 bits per heavy atom. The van der Waals surface area contributed by atoms with Crippen molar-refractivity contribution in [3.63, 3.8) is 0 Å². The molecule has 1 saturated heterocycles. The Kier molecular flexibility index (Phi) is 6.90. The summed E-state index contributed by atoms with van der Waals surface area (Å²) in [7, 11) is 0. The van der Waals surface area contributed by atoms with Crippen molar-refractivity contribution >= 4 is 29.3 Å². The number of nitrogens with one attached hydrogen (secondary N) is 1. The zero-order valence-electron chi connectivity index (χ0n) is 17.5. The van der Waals surface area contributed by atoms with Gasteiger partial charge in [0.25, 0.3) is 5.91 Å². The fraction of sp³-hybridized carbons (Fsp3) is 0.455. The van der Waals surface area contributed by atoms with Gasteiger partial charge in [0, 0.05) is 30.9 Å². The molecule has 3 rings (SSSR count). The quantitative estimate of drug-likeness (QED) is 0.575. The van der Waals surface area contributed by atoms with Crippen molar-refractivity contribution in [3.05, 3.63) is 46.3 Å². The molecule has 0 spiro atoms. The van der Waals surface area contributed by atoms with Gasteiger partial charge in [0.15, 0.2) is 5.16 Å². The number of benzene rings is 1. The van der Waals surface area contributed by atoms with E-state index in [0.29, 0.717) is 24.1 Å². The number of carbonyl (C=O) groups excluding carboxylic acids is 2. The number of rotatable bonds is 6. The van der Waals surface area contributed by atoms with Gasteiger partial charge in [-0.1, -0.05) is 23.9 Å². The summed E-state index contributed by atoms with van der Waals surface area (Å²) in [5.74, 6) is -0.114. The molecule has 2 amide bonds. The van der Waals surface area contributed by atoms with E-state index in [-0.39, 0.29) is 11.8 Å². The third kappa shape index (κ3) is 4.96. The topological polar surface area (TPSA) is 75.2 Å². The molecule has 0 atom stereocenters. The molecule has 1 fully saturated rings. The van der Waals surface area contributed by atoms with Crippen molar-refractivity contribution < 1.29 is 9.59 Å². The van der Waals surface area contributed by atoms with Crippen LogP contribution in [0.1, 0.15) is 52.1 Å². The molecule has 0 saturated carbocycles. The Morgan fingerprint density at radius 1 is 1.10 bits per heavy atom. The van der Waals surface area contributed by atoms with E-state index in [1.165, 1.54) is 11.8 Å². The number of para-hydroxylation sites is 1. The Hall–Kier alpha value is -2.41. The fourth-order valence-electron chi connectivity index (χ4n) is 3.70.